The zero-order chi connectivity index (χ0) is 20.8. The van der Waals surface area contributed by atoms with Crippen LogP contribution in [0.25, 0.3) is 6.08 Å². The molecule has 1 aliphatic heterocycles. The third kappa shape index (κ3) is 5.47. The average molecular weight is 445 g/mol. The zero-order valence-electron chi connectivity index (χ0n) is 15.3. The van der Waals surface area contributed by atoms with Crippen LogP contribution in [0.3, 0.4) is 0 Å². The highest BCUT2D eigenvalue weighted by Gasteiger charge is 2.31. The minimum Gasteiger partial charge on any atom is -0.483 e. The Bertz CT molecular complexity index is 1010. The van der Waals surface area contributed by atoms with Gasteiger partial charge < -0.3 is 10.1 Å². The van der Waals surface area contributed by atoms with E-state index < -0.39 is 0 Å². The molecule has 1 aliphatic rings. The number of ether oxygens (including phenoxy) is 1. The lowest BCUT2D eigenvalue weighted by Crippen LogP contribution is -2.27. The molecule has 148 valence electrons. The number of para-hydroxylation sites is 1. The van der Waals surface area contributed by atoms with Crippen molar-refractivity contribution in [2.75, 3.05) is 18.5 Å². The van der Waals surface area contributed by atoms with Gasteiger partial charge >= 0.3 is 0 Å². The largest absolute Gasteiger partial charge is 0.483 e. The summed E-state index contributed by atoms with van der Waals surface area (Å²) in [5, 5.41) is 3.25. The van der Waals surface area contributed by atoms with Crippen LogP contribution >= 0.6 is 35.6 Å². The molecule has 3 rings (SSSR count). The summed E-state index contributed by atoms with van der Waals surface area (Å²) in [6, 6.07) is 14.0. The molecule has 0 saturated carbocycles. The van der Waals surface area contributed by atoms with Crippen molar-refractivity contribution >= 4 is 63.5 Å². The van der Waals surface area contributed by atoms with Crippen molar-refractivity contribution in [3.8, 4) is 5.75 Å². The molecule has 8 heteroatoms. The number of hydrogen-bond acceptors (Lipinski definition) is 5. The van der Waals surface area contributed by atoms with Crippen LogP contribution in [-0.4, -0.2) is 34.2 Å². The maximum Gasteiger partial charge on any atom is 0.266 e. The number of hydrogen-bond donors (Lipinski definition) is 1. The Kier molecular flexibility index (Phi) is 7.09. The highest BCUT2D eigenvalue weighted by Crippen LogP contribution is 2.34. The topological polar surface area (TPSA) is 58.6 Å². The monoisotopic (exact) mass is 444 g/mol. The summed E-state index contributed by atoms with van der Waals surface area (Å²) in [5.74, 6) is -0.00416. The normalized spacial score (nSPS) is 14.9. The van der Waals surface area contributed by atoms with Crippen molar-refractivity contribution in [2.45, 2.75) is 0 Å². The molecule has 0 radical (unpaired) electrons. The second kappa shape index (κ2) is 9.73. The fourth-order valence-electron chi connectivity index (χ4n) is 2.57. The number of thioether (sulfide) groups is 1. The van der Waals surface area contributed by atoms with Crippen LogP contribution in [0.15, 0.2) is 66.1 Å². The SMILES string of the molecule is C=CCN1C(=O)/C(=C/c2ccccc2OCC(=O)Nc2cccc(Cl)c2)SC1=S. The number of benzene rings is 2. The number of carbonyl (C=O) groups excluding carboxylic acids is 2. The summed E-state index contributed by atoms with van der Waals surface area (Å²) in [6.45, 7) is 3.82. The van der Waals surface area contributed by atoms with Crippen molar-refractivity contribution in [1.82, 2.24) is 4.90 Å². The van der Waals surface area contributed by atoms with Crippen molar-refractivity contribution in [1.29, 1.82) is 0 Å². The first-order chi connectivity index (χ1) is 14.0. The van der Waals surface area contributed by atoms with Gasteiger partial charge in [-0.3, -0.25) is 14.5 Å². The van der Waals surface area contributed by atoms with Crippen LogP contribution in [0.4, 0.5) is 5.69 Å². The number of rotatable bonds is 7. The summed E-state index contributed by atoms with van der Waals surface area (Å²) < 4.78 is 6.16. The summed E-state index contributed by atoms with van der Waals surface area (Å²) in [6.07, 6.45) is 3.34. The molecular formula is C21H17ClN2O3S2. The number of carbonyl (C=O) groups is 2. The quantitative estimate of drug-likeness (QED) is 0.379. The van der Waals surface area contributed by atoms with Crippen molar-refractivity contribution in [3.63, 3.8) is 0 Å². The molecule has 0 unspecified atom stereocenters. The van der Waals surface area contributed by atoms with Crippen LogP contribution in [0, 0.1) is 0 Å². The molecular weight excluding hydrogens is 428 g/mol. The lowest BCUT2D eigenvalue weighted by molar-refractivity contribution is -0.121. The molecule has 29 heavy (non-hydrogen) atoms. The molecule has 0 aliphatic carbocycles. The minimum atomic E-state index is -0.320. The third-order valence-electron chi connectivity index (χ3n) is 3.86. The van der Waals surface area contributed by atoms with E-state index in [2.05, 4.69) is 11.9 Å². The summed E-state index contributed by atoms with van der Waals surface area (Å²) >= 11 is 12.4. The Hall–Kier alpha value is -2.61. The Balaban J connectivity index is 1.69. The first kappa shape index (κ1) is 21.1. The summed E-state index contributed by atoms with van der Waals surface area (Å²) in [7, 11) is 0. The number of nitrogens with one attached hydrogen (secondary N) is 1. The van der Waals surface area contributed by atoms with Gasteiger partial charge in [0.15, 0.2) is 6.61 Å². The highest BCUT2D eigenvalue weighted by atomic mass is 35.5. The molecule has 0 atom stereocenters. The Morgan fingerprint density at radius 1 is 1.28 bits per heavy atom. The van der Waals surface area contributed by atoms with Gasteiger partial charge in [0.1, 0.15) is 10.1 Å². The molecule has 1 saturated heterocycles. The molecule has 0 aromatic heterocycles. The number of anilines is 1. The molecule has 2 aromatic carbocycles. The highest BCUT2D eigenvalue weighted by molar-refractivity contribution is 8.26. The maximum atomic E-state index is 12.5. The van der Waals surface area contributed by atoms with Gasteiger partial charge in [-0.05, 0) is 30.3 Å². The average Bonchev–Trinajstić information content (AvgIpc) is 2.95. The van der Waals surface area contributed by atoms with E-state index >= 15 is 0 Å². The second-order valence-corrected chi connectivity index (χ2v) is 8.08. The first-order valence-electron chi connectivity index (χ1n) is 8.61. The molecule has 1 fully saturated rings. The van der Waals surface area contributed by atoms with Crippen LogP contribution in [0.5, 0.6) is 5.75 Å². The Labute approximate surface area is 183 Å². The van der Waals surface area contributed by atoms with E-state index in [0.29, 0.717) is 37.8 Å². The molecule has 0 bridgehead atoms. The molecule has 0 spiro atoms. The van der Waals surface area contributed by atoms with E-state index in [1.807, 2.05) is 12.1 Å². The van der Waals surface area contributed by atoms with Gasteiger partial charge in [0.05, 0.1) is 4.91 Å². The van der Waals surface area contributed by atoms with Gasteiger partial charge in [-0.15, -0.1) is 6.58 Å². The van der Waals surface area contributed by atoms with Gasteiger partial charge in [0.2, 0.25) is 0 Å². The smallest absolute Gasteiger partial charge is 0.266 e. The van der Waals surface area contributed by atoms with Crippen LogP contribution in [-0.2, 0) is 9.59 Å². The van der Waals surface area contributed by atoms with E-state index in [-0.39, 0.29) is 18.4 Å². The predicted octanol–water partition coefficient (Wildman–Crippen LogP) is 4.74. The molecule has 2 aromatic rings. The van der Waals surface area contributed by atoms with Gasteiger partial charge in [-0.1, -0.05) is 65.9 Å². The maximum absolute atomic E-state index is 12.5. The van der Waals surface area contributed by atoms with Gasteiger partial charge in [0, 0.05) is 22.8 Å². The van der Waals surface area contributed by atoms with Crippen LogP contribution < -0.4 is 10.1 Å². The summed E-state index contributed by atoms with van der Waals surface area (Å²) in [4.78, 5) is 26.7. The third-order valence-corrected chi connectivity index (χ3v) is 5.47. The van der Waals surface area contributed by atoms with E-state index in [0.717, 1.165) is 0 Å². The molecule has 5 nitrogen and oxygen atoms in total. The van der Waals surface area contributed by atoms with E-state index in [9.17, 15) is 9.59 Å². The number of nitrogens with zero attached hydrogens (tertiary/aromatic N) is 1. The van der Waals surface area contributed by atoms with Crippen molar-refractivity contribution < 1.29 is 14.3 Å². The molecule has 2 amide bonds. The van der Waals surface area contributed by atoms with Crippen LogP contribution in [0.1, 0.15) is 5.56 Å². The minimum absolute atomic E-state index is 0.173. The van der Waals surface area contributed by atoms with E-state index in [1.165, 1.54) is 16.7 Å². The lowest BCUT2D eigenvalue weighted by Gasteiger charge is -2.11. The Morgan fingerprint density at radius 3 is 2.83 bits per heavy atom. The fourth-order valence-corrected chi connectivity index (χ4v) is 4.02. The van der Waals surface area contributed by atoms with Crippen molar-refractivity contribution in [3.05, 3.63) is 76.7 Å². The predicted molar refractivity (Wildman–Crippen MR) is 122 cm³/mol. The summed E-state index contributed by atoms with van der Waals surface area (Å²) in [5.41, 5.74) is 1.27. The van der Waals surface area contributed by atoms with Gasteiger partial charge in [-0.25, -0.2) is 0 Å². The van der Waals surface area contributed by atoms with Crippen LogP contribution in [0.2, 0.25) is 5.02 Å². The van der Waals surface area contributed by atoms with E-state index in [4.69, 9.17) is 28.6 Å². The number of halogens is 1. The van der Waals surface area contributed by atoms with Gasteiger partial charge in [0.25, 0.3) is 11.8 Å². The van der Waals surface area contributed by atoms with Gasteiger partial charge in [-0.2, -0.15) is 0 Å². The van der Waals surface area contributed by atoms with E-state index in [1.54, 1.807) is 48.6 Å². The number of thiocarbonyl (C=S) groups is 1. The number of amides is 2. The lowest BCUT2D eigenvalue weighted by atomic mass is 10.2. The molecule has 1 heterocycles. The van der Waals surface area contributed by atoms with Crippen molar-refractivity contribution in [2.24, 2.45) is 0 Å². The second-order valence-electron chi connectivity index (χ2n) is 5.97. The molecule has 1 N–H and O–H groups in total. The zero-order valence-corrected chi connectivity index (χ0v) is 17.7. The fraction of sp³-hybridized carbons (Fsp3) is 0.0952. The first-order valence-corrected chi connectivity index (χ1v) is 10.2. The Morgan fingerprint density at radius 2 is 2.07 bits per heavy atom. The standard InChI is InChI=1S/C21H17ClN2O3S2/c1-2-10-24-20(26)18(29-21(24)28)11-14-6-3-4-9-17(14)27-13-19(25)23-16-8-5-7-15(22)12-16/h2-9,11-12H,1,10,13H2,(H,23,25)/b18-11-.